The van der Waals surface area contributed by atoms with Crippen LogP contribution >= 0.6 is 11.6 Å². The summed E-state index contributed by atoms with van der Waals surface area (Å²) in [5, 5.41) is 14.1. The summed E-state index contributed by atoms with van der Waals surface area (Å²) in [5.41, 5.74) is -0.520. The summed E-state index contributed by atoms with van der Waals surface area (Å²) in [7, 11) is -3.94. The molecule has 0 amide bonds. The van der Waals surface area contributed by atoms with Crippen LogP contribution in [0.1, 0.15) is 12.8 Å². The van der Waals surface area contributed by atoms with E-state index in [0.29, 0.717) is 13.0 Å². The lowest BCUT2D eigenvalue weighted by Gasteiger charge is -2.23. The minimum Gasteiger partial charge on any atom is -0.315 e. The van der Waals surface area contributed by atoms with Gasteiger partial charge in [0.2, 0.25) is 10.0 Å². The predicted molar refractivity (Wildman–Crippen MR) is 74.3 cm³/mol. The van der Waals surface area contributed by atoms with Gasteiger partial charge in [-0.2, -0.15) is 0 Å². The first-order valence-corrected chi connectivity index (χ1v) is 7.93. The van der Waals surface area contributed by atoms with E-state index in [1.807, 2.05) is 0 Å². The average Bonchev–Trinajstić information content (AvgIpc) is 2.38. The van der Waals surface area contributed by atoms with Gasteiger partial charge in [-0.05, 0) is 31.5 Å². The molecule has 2 rings (SSSR count). The summed E-state index contributed by atoms with van der Waals surface area (Å²) < 4.78 is 27.0. The van der Waals surface area contributed by atoms with Crippen LogP contribution in [-0.4, -0.2) is 32.5 Å². The topological polar surface area (TPSA) is 101 Å². The van der Waals surface area contributed by atoms with Crippen LogP contribution in [0.25, 0.3) is 0 Å². The number of benzene rings is 1. The number of rotatable bonds is 4. The molecule has 2 N–H and O–H groups in total. The lowest BCUT2D eigenvalue weighted by atomic mass is 10.1. The zero-order chi connectivity index (χ0) is 14.8. The Morgan fingerprint density at radius 3 is 2.80 bits per heavy atom. The zero-order valence-electron chi connectivity index (χ0n) is 10.5. The molecule has 1 saturated heterocycles. The molecule has 0 unspecified atom stereocenters. The molecule has 0 saturated carbocycles. The van der Waals surface area contributed by atoms with Crippen LogP contribution in [0.2, 0.25) is 5.02 Å². The lowest BCUT2D eigenvalue weighted by molar-refractivity contribution is -0.387. The Morgan fingerprint density at radius 2 is 2.20 bits per heavy atom. The second-order valence-electron chi connectivity index (χ2n) is 4.53. The first-order valence-electron chi connectivity index (χ1n) is 6.07. The van der Waals surface area contributed by atoms with Crippen molar-refractivity contribution >= 4 is 27.3 Å². The summed E-state index contributed by atoms with van der Waals surface area (Å²) >= 11 is 5.67. The molecular formula is C11H14ClN3O4S. The molecule has 9 heteroatoms. The van der Waals surface area contributed by atoms with Gasteiger partial charge in [-0.3, -0.25) is 10.1 Å². The van der Waals surface area contributed by atoms with Crippen LogP contribution in [0.5, 0.6) is 0 Å². The predicted octanol–water partition coefficient (Wildman–Crippen LogP) is 1.28. The number of nitrogens with one attached hydrogen (secondary N) is 2. The van der Waals surface area contributed by atoms with Gasteiger partial charge in [0, 0.05) is 23.7 Å². The minimum absolute atomic E-state index is 0.120. The zero-order valence-corrected chi connectivity index (χ0v) is 12.1. The Kier molecular flexibility index (Phi) is 4.59. The van der Waals surface area contributed by atoms with Gasteiger partial charge in [-0.1, -0.05) is 11.6 Å². The highest BCUT2D eigenvalue weighted by Gasteiger charge is 2.28. The first kappa shape index (κ1) is 15.2. The summed E-state index contributed by atoms with van der Waals surface area (Å²) in [6.45, 7) is 1.36. The molecule has 1 fully saturated rings. The molecule has 1 aromatic rings. The Hall–Kier alpha value is -1.22. The van der Waals surface area contributed by atoms with Crippen molar-refractivity contribution in [1.82, 2.24) is 10.0 Å². The monoisotopic (exact) mass is 319 g/mol. The summed E-state index contributed by atoms with van der Waals surface area (Å²) in [4.78, 5) is 9.84. The van der Waals surface area contributed by atoms with Crippen molar-refractivity contribution in [3.05, 3.63) is 33.3 Å². The molecule has 0 radical (unpaired) electrons. The second-order valence-corrected chi connectivity index (χ2v) is 6.65. The van der Waals surface area contributed by atoms with E-state index in [4.69, 9.17) is 11.6 Å². The van der Waals surface area contributed by atoms with Crippen LogP contribution in [0, 0.1) is 10.1 Å². The van der Waals surface area contributed by atoms with Gasteiger partial charge < -0.3 is 5.32 Å². The third-order valence-electron chi connectivity index (χ3n) is 3.03. The molecule has 0 aliphatic carbocycles. The Morgan fingerprint density at radius 1 is 1.45 bits per heavy atom. The first-order chi connectivity index (χ1) is 9.40. The Balaban J connectivity index is 2.31. The van der Waals surface area contributed by atoms with Gasteiger partial charge in [-0.25, -0.2) is 13.1 Å². The highest BCUT2D eigenvalue weighted by molar-refractivity contribution is 7.89. The number of sulfonamides is 1. The maximum Gasteiger partial charge on any atom is 0.290 e. The fourth-order valence-corrected chi connectivity index (χ4v) is 3.69. The molecule has 1 atom stereocenters. The maximum absolute atomic E-state index is 12.3. The van der Waals surface area contributed by atoms with E-state index >= 15 is 0 Å². The fourth-order valence-electron chi connectivity index (χ4n) is 2.10. The second kappa shape index (κ2) is 6.04. The van der Waals surface area contributed by atoms with Crippen LogP contribution < -0.4 is 10.0 Å². The van der Waals surface area contributed by atoms with Gasteiger partial charge in [0.05, 0.1) is 4.92 Å². The normalized spacial score (nSPS) is 19.8. The Labute approximate surface area is 121 Å². The quantitative estimate of drug-likeness (QED) is 0.643. The SMILES string of the molecule is O=[N+]([O-])c1cc(Cl)ccc1S(=O)(=O)N[C@H]1CCCNC1. The molecule has 1 aromatic carbocycles. The van der Waals surface area contributed by atoms with Crippen LogP contribution in [0.4, 0.5) is 5.69 Å². The van der Waals surface area contributed by atoms with Crippen molar-refractivity contribution < 1.29 is 13.3 Å². The summed E-state index contributed by atoms with van der Waals surface area (Å²) in [6.07, 6.45) is 1.56. The number of nitrogens with zero attached hydrogens (tertiary/aromatic N) is 1. The van der Waals surface area contributed by atoms with Crippen molar-refractivity contribution in [2.24, 2.45) is 0 Å². The van der Waals surface area contributed by atoms with E-state index in [-0.39, 0.29) is 16.0 Å². The highest BCUT2D eigenvalue weighted by Crippen LogP contribution is 2.27. The van der Waals surface area contributed by atoms with Crippen molar-refractivity contribution in [2.45, 2.75) is 23.8 Å². The Bertz CT molecular complexity index is 614. The molecule has 0 bridgehead atoms. The number of halogens is 1. The van der Waals surface area contributed by atoms with Crippen LogP contribution in [0.15, 0.2) is 23.1 Å². The van der Waals surface area contributed by atoms with Crippen molar-refractivity contribution in [3.8, 4) is 0 Å². The number of nitro groups is 1. The van der Waals surface area contributed by atoms with Gasteiger partial charge in [-0.15, -0.1) is 0 Å². The van der Waals surface area contributed by atoms with E-state index in [9.17, 15) is 18.5 Å². The van der Waals surface area contributed by atoms with E-state index < -0.39 is 20.6 Å². The van der Waals surface area contributed by atoms with Crippen molar-refractivity contribution in [1.29, 1.82) is 0 Å². The van der Waals surface area contributed by atoms with E-state index in [1.54, 1.807) is 0 Å². The molecular weight excluding hydrogens is 306 g/mol. The number of hydrogen-bond donors (Lipinski definition) is 2. The molecule has 110 valence electrons. The number of hydrogen-bond acceptors (Lipinski definition) is 5. The number of nitro benzene ring substituents is 1. The maximum atomic E-state index is 12.3. The van der Waals surface area contributed by atoms with Gasteiger partial charge >= 0.3 is 0 Å². The van der Waals surface area contributed by atoms with Gasteiger partial charge in [0.25, 0.3) is 5.69 Å². The van der Waals surface area contributed by atoms with Crippen LogP contribution in [0.3, 0.4) is 0 Å². The fraction of sp³-hybridized carbons (Fsp3) is 0.455. The number of piperidine rings is 1. The standard InChI is InChI=1S/C11H14ClN3O4S/c12-8-3-4-11(10(6-8)15(16)17)20(18,19)14-9-2-1-5-13-7-9/h3-4,6,9,13-14H,1-2,5,7H2/t9-/m0/s1. The largest absolute Gasteiger partial charge is 0.315 e. The minimum atomic E-state index is -3.94. The van der Waals surface area contributed by atoms with Gasteiger partial charge in [0.15, 0.2) is 4.90 Å². The van der Waals surface area contributed by atoms with E-state index in [2.05, 4.69) is 10.0 Å². The smallest absolute Gasteiger partial charge is 0.290 e. The molecule has 1 heterocycles. The van der Waals surface area contributed by atoms with Crippen molar-refractivity contribution in [2.75, 3.05) is 13.1 Å². The third kappa shape index (κ3) is 3.45. The molecule has 1 aliphatic rings. The third-order valence-corrected chi connectivity index (χ3v) is 4.83. The van der Waals surface area contributed by atoms with E-state index in [1.165, 1.54) is 6.07 Å². The summed E-state index contributed by atoms with van der Waals surface area (Å²) in [5.74, 6) is 0. The summed E-state index contributed by atoms with van der Waals surface area (Å²) in [6, 6.07) is 3.25. The molecule has 1 aliphatic heterocycles. The van der Waals surface area contributed by atoms with Crippen molar-refractivity contribution in [3.63, 3.8) is 0 Å². The molecule has 7 nitrogen and oxygen atoms in total. The molecule has 0 spiro atoms. The molecule has 20 heavy (non-hydrogen) atoms. The van der Waals surface area contributed by atoms with E-state index in [0.717, 1.165) is 25.1 Å². The average molecular weight is 320 g/mol. The lowest BCUT2D eigenvalue weighted by Crippen LogP contribution is -2.45. The van der Waals surface area contributed by atoms with Crippen LogP contribution in [-0.2, 0) is 10.0 Å². The molecule has 0 aromatic heterocycles. The highest BCUT2D eigenvalue weighted by atomic mass is 35.5. The van der Waals surface area contributed by atoms with Gasteiger partial charge in [0.1, 0.15) is 0 Å².